The lowest BCUT2D eigenvalue weighted by atomic mass is 9.91. The monoisotopic (exact) mass is 448 g/mol. The van der Waals surface area contributed by atoms with E-state index in [1.165, 1.54) is 0 Å². The van der Waals surface area contributed by atoms with Crippen LogP contribution < -0.4 is 4.74 Å². The predicted molar refractivity (Wildman–Crippen MR) is 124 cm³/mol. The molecule has 1 aliphatic heterocycles. The summed E-state index contributed by atoms with van der Waals surface area (Å²) in [7, 11) is 0. The highest BCUT2D eigenvalue weighted by Crippen LogP contribution is 2.28. The van der Waals surface area contributed by atoms with E-state index in [2.05, 4.69) is 30.9 Å². The number of morpholine rings is 1. The number of hydrogen-bond acceptors (Lipinski definition) is 6. The number of aromatic nitrogens is 3. The predicted octanol–water partition coefficient (Wildman–Crippen LogP) is 4.18. The van der Waals surface area contributed by atoms with Crippen LogP contribution in [0.3, 0.4) is 0 Å². The second-order valence-corrected chi connectivity index (χ2v) is 9.61. The number of carbonyl (C=O) groups is 1. The fourth-order valence-electron chi connectivity index (χ4n) is 4.00. The van der Waals surface area contributed by atoms with E-state index in [9.17, 15) is 4.79 Å². The summed E-state index contributed by atoms with van der Waals surface area (Å²) in [5.41, 5.74) is 2.23. The molecule has 1 saturated heterocycles. The minimum absolute atomic E-state index is 0.0386. The van der Waals surface area contributed by atoms with Gasteiger partial charge in [-0.3, -0.25) is 4.79 Å². The van der Waals surface area contributed by atoms with E-state index < -0.39 is 0 Å². The highest BCUT2D eigenvalue weighted by atomic mass is 16.5. The van der Waals surface area contributed by atoms with E-state index in [-0.39, 0.29) is 17.4 Å². The number of fused-ring (bicyclic) bond motifs is 2. The van der Waals surface area contributed by atoms with Gasteiger partial charge in [-0.2, -0.15) is 0 Å². The molecule has 0 spiro atoms. The van der Waals surface area contributed by atoms with Crippen molar-refractivity contribution in [1.29, 1.82) is 0 Å². The van der Waals surface area contributed by atoms with E-state index in [4.69, 9.17) is 13.9 Å². The van der Waals surface area contributed by atoms with E-state index in [0.29, 0.717) is 50.0 Å². The van der Waals surface area contributed by atoms with Crippen LogP contribution in [0.4, 0.5) is 0 Å². The SMILES string of the molecule is CC(C)(C)CC(=O)N1CCOC(COc2ccc3ncc(-c4cc5ccccc5o4)n3n2)C1. The lowest BCUT2D eigenvalue weighted by molar-refractivity contribution is -0.141. The molecule has 1 unspecified atom stereocenters. The zero-order chi connectivity index (χ0) is 23.0. The first kappa shape index (κ1) is 21.5. The van der Waals surface area contributed by atoms with Crippen molar-refractivity contribution in [2.75, 3.05) is 26.3 Å². The summed E-state index contributed by atoms with van der Waals surface area (Å²) < 4.78 is 19.5. The third-order valence-electron chi connectivity index (χ3n) is 5.61. The largest absolute Gasteiger partial charge is 0.474 e. The maximum atomic E-state index is 12.6. The summed E-state index contributed by atoms with van der Waals surface area (Å²) in [6, 6.07) is 13.5. The third kappa shape index (κ3) is 4.71. The molecule has 4 heterocycles. The van der Waals surface area contributed by atoms with Gasteiger partial charge in [0.25, 0.3) is 0 Å². The first-order valence-corrected chi connectivity index (χ1v) is 11.2. The first-order chi connectivity index (χ1) is 15.9. The molecule has 5 rings (SSSR count). The molecule has 4 aromatic rings. The lowest BCUT2D eigenvalue weighted by Gasteiger charge is -2.34. The highest BCUT2D eigenvalue weighted by Gasteiger charge is 2.27. The molecule has 8 nitrogen and oxygen atoms in total. The van der Waals surface area contributed by atoms with Crippen molar-refractivity contribution >= 4 is 22.5 Å². The number of nitrogens with zero attached hydrogens (tertiary/aromatic N) is 4. The molecular weight excluding hydrogens is 420 g/mol. The van der Waals surface area contributed by atoms with Crippen LogP contribution in [-0.4, -0.2) is 57.8 Å². The van der Waals surface area contributed by atoms with Gasteiger partial charge in [-0.05, 0) is 23.6 Å². The number of hydrogen-bond donors (Lipinski definition) is 0. The van der Waals surface area contributed by atoms with Gasteiger partial charge in [0.2, 0.25) is 11.8 Å². The maximum absolute atomic E-state index is 12.6. The van der Waals surface area contributed by atoms with Gasteiger partial charge in [0.1, 0.15) is 24.0 Å². The number of amides is 1. The Hall–Kier alpha value is -3.39. The van der Waals surface area contributed by atoms with Crippen LogP contribution in [0, 0.1) is 5.41 Å². The van der Waals surface area contributed by atoms with Gasteiger partial charge in [-0.15, -0.1) is 5.10 Å². The van der Waals surface area contributed by atoms with E-state index in [0.717, 1.165) is 16.7 Å². The lowest BCUT2D eigenvalue weighted by Crippen LogP contribution is -2.48. The number of ether oxygens (including phenoxy) is 2. The number of imidazole rings is 1. The van der Waals surface area contributed by atoms with Gasteiger partial charge in [0.15, 0.2) is 11.4 Å². The molecule has 3 aromatic heterocycles. The molecule has 1 fully saturated rings. The highest BCUT2D eigenvalue weighted by molar-refractivity contribution is 5.82. The van der Waals surface area contributed by atoms with Crippen LogP contribution in [0.1, 0.15) is 27.2 Å². The minimum Gasteiger partial charge on any atom is -0.474 e. The van der Waals surface area contributed by atoms with Crippen molar-refractivity contribution in [1.82, 2.24) is 19.5 Å². The summed E-state index contributed by atoms with van der Waals surface area (Å²) in [5, 5.41) is 5.63. The fourth-order valence-corrected chi connectivity index (χ4v) is 4.00. The molecule has 8 heteroatoms. The number of furan rings is 1. The van der Waals surface area contributed by atoms with Gasteiger partial charge in [-0.1, -0.05) is 39.0 Å². The van der Waals surface area contributed by atoms with Crippen molar-refractivity contribution in [3.8, 4) is 17.3 Å². The number of para-hydroxylation sites is 1. The smallest absolute Gasteiger partial charge is 0.231 e. The van der Waals surface area contributed by atoms with Crippen LogP contribution in [0.15, 0.2) is 53.1 Å². The van der Waals surface area contributed by atoms with Crippen LogP contribution >= 0.6 is 0 Å². The fraction of sp³-hybridized carbons (Fsp3) is 0.400. The topological polar surface area (TPSA) is 82.1 Å². The summed E-state index contributed by atoms with van der Waals surface area (Å²) in [6.07, 6.45) is 2.06. The van der Waals surface area contributed by atoms with Gasteiger partial charge < -0.3 is 18.8 Å². The van der Waals surface area contributed by atoms with Crippen LogP contribution in [0.25, 0.3) is 28.1 Å². The van der Waals surface area contributed by atoms with E-state index >= 15 is 0 Å². The van der Waals surface area contributed by atoms with Gasteiger partial charge >= 0.3 is 0 Å². The Labute approximate surface area is 192 Å². The van der Waals surface area contributed by atoms with Crippen molar-refractivity contribution in [3.05, 3.63) is 48.7 Å². The molecule has 0 aliphatic carbocycles. The molecule has 33 heavy (non-hydrogen) atoms. The van der Waals surface area contributed by atoms with E-state index in [1.807, 2.05) is 41.3 Å². The zero-order valence-electron chi connectivity index (χ0n) is 19.2. The average molecular weight is 449 g/mol. The molecule has 0 N–H and O–H groups in total. The molecular formula is C25H28N4O4. The minimum atomic E-state index is -0.196. The van der Waals surface area contributed by atoms with Crippen LogP contribution in [0.5, 0.6) is 5.88 Å². The Morgan fingerprint density at radius 2 is 2.06 bits per heavy atom. The number of rotatable bonds is 5. The average Bonchev–Trinajstić information content (AvgIpc) is 3.40. The Bertz CT molecular complexity index is 1250. The number of carbonyl (C=O) groups excluding carboxylic acids is 1. The maximum Gasteiger partial charge on any atom is 0.231 e. The van der Waals surface area contributed by atoms with Crippen molar-refractivity contribution in [3.63, 3.8) is 0 Å². The Morgan fingerprint density at radius 3 is 2.88 bits per heavy atom. The molecule has 0 radical (unpaired) electrons. The third-order valence-corrected chi connectivity index (χ3v) is 5.61. The summed E-state index contributed by atoms with van der Waals surface area (Å²) in [4.78, 5) is 18.9. The second kappa shape index (κ2) is 8.51. The Kier molecular flexibility index (Phi) is 5.54. The molecule has 1 amide bonds. The van der Waals surface area contributed by atoms with E-state index in [1.54, 1.807) is 16.8 Å². The van der Waals surface area contributed by atoms with Gasteiger partial charge in [-0.25, -0.2) is 9.50 Å². The van der Waals surface area contributed by atoms with Crippen LogP contribution in [0.2, 0.25) is 0 Å². The first-order valence-electron chi connectivity index (χ1n) is 11.2. The van der Waals surface area contributed by atoms with Gasteiger partial charge in [0.05, 0.1) is 19.3 Å². The number of benzene rings is 1. The molecule has 1 aromatic carbocycles. The molecule has 0 bridgehead atoms. The summed E-state index contributed by atoms with van der Waals surface area (Å²) in [5.74, 6) is 1.31. The van der Waals surface area contributed by atoms with Crippen LogP contribution in [-0.2, 0) is 9.53 Å². The van der Waals surface area contributed by atoms with Gasteiger partial charge in [0, 0.05) is 24.4 Å². The summed E-state index contributed by atoms with van der Waals surface area (Å²) >= 11 is 0. The quantitative estimate of drug-likeness (QED) is 0.455. The zero-order valence-corrected chi connectivity index (χ0v) is 19.2. The van der Waals surface area contributed by atoms with Crippen molar-refractivity contribution in [2.45, 2.75) is 33.3 Å². The van der Waals surface area contributed by atoms with Crippen molar-refractivity contribution < 1.29 is 18.7 Å². The molecule has 1 atom stereocenters. The molecule has 0 saturated carbocycles. The standard InChI is InChI=1S/C25H28N4O4/c1-25(2,3)13-24(30)28-10-11-31-18(15-28)16-32-23-9-8-22-26-14-19(29(22)27-23)21-12-17-6-4-5-7-20(17)33-21/h4-9,12,14,18H,10-11,13,15-16H2,1-3H3. The Balaban J connectivity index is 1.29. The second-order valence-electron chi connectivity index (χ2n) is 9.61. The normalized spacial score (nSPS) is 17.1. The molecule has 1 aliphatic rings. The molecule has 172 valence electrons. The van der Waals surface area contributed by atoms with Crippen molar-refractivity contribution in [2.24, 2.45) is 5.41 Å². The summed E-state index contributed by atoms with van der Waals surface area (Å²) in [6.45, 7) is 8.18. The Morgan fingerprint density at radius 1 is 1.21 bits per heavy atom.